The zero-order chi connectivity index (χ0) is 12.1. The van der Waals surface area contributed by atoms with Gasteiger partial charge in [-0.2, -0.15) is 0 Å². The first kappa shape index (κ1) is 13.3. The van der Waals surface area contributed by atoms with Crippen molar-refractivity contribution in [1.82, 2.24) is 4.90 Å². The van der Waals surface area contributed by atoms with E-state index in [9.17, 15) is 0 Å². The number of rotatable bonds is 5. The summed E-state index contributed by atoms with van der Waals surface area (Å²) in [6.07, 6.45) is 6.53. The maximum absolute atomic E-state index is 6.00. The fourth-order valence-corrected chi connectivity index (χ4v) is 3.44. The van der Waals surface area contributed by atoms with E-state index in [1.807, 2.05) is 0 Å². The Labute approximate surface area is 106 Å². The summed E-state index contributed by atoms with van der Waals surface area (Å²) in [5, 5.41) is 0. The minimum Gasteiger partial charge on any atom is -0.381 e. The summed E-state index contributed by atoms with van der Waals surface area (Å²) in [6.45, 7) is 8.59. The maximum atomic E-state index is 6.00. The van der Waals surface area contributed by atoms with Gasteiger partial charge in [0.05, 0.1) is 6.61 Å². The van der Waals surface area contributed by atoms with Gasteiger partial charge in [-0.25, -0.2) is 0 Å². The van der Waals surface area contributed by atoms with Gasteiger partial charge in [-0.05, 0) is 38.1 Å². The predicted molar refractivity (Wildman–Crippen MR) is 71.0 cm³/mol. The predicted octanol–water partition coefficient (Wildman–Crippen LogP) is 1.86. The third-order valence-corrected chi connectivity index (χ3v) is 4.46. The summed E-state index contributed by atoms with van der Waals surface area (Å²) in [4.78, 5) is 2.63. The molecule has 2 saturated heterocycles. The van der Waals surface area contributed by atoms with E-state index in [4.69, 9.17) is 10.5 Å². The molecule has 0 aromatic rings. The molecule has 2 N–H and O–H groups in total. The summed E-state index contributed by atoms with van der Waals surface area (Å²) in [6, 6.07) is 0. The first-order valence-corrected chi connectivity index (χ1v) is 7.28. The lowest BCUT2D eigenvalue weighted by Gasteiger charge is -2.39. The number of nitrogens with zero attached hydrogens (tertiary/aromatic N) is 1. The van der Waals surface area contributed by atoms with E-state index in [1.165, 1.54) is 45.2 Å². The number of nitrogens with two attached hydrogens (primary N) is 1. The second-order valence-electron chi connectivity index (χ2n) is 6.04. The summed E-state index contributed by atoms with van der Waals surface area (Å²) in [5.41, 5.74) is 6.25. The van der Waals surface area contributed by atoms with E-state index in [2.05, 4.69) is 11.8 Å². The van der Waals surface area contributed by atoms with E-state index >= 15 is 0 Å². The molecule has 0 aromatic carbocycles. The Balaban J connectivity index is 1.83. The monoisotopic (exact) mass is 240 g/mol. The molecule has 0 amide bonds. The molecule has 2 heterocycles. The molecule has 0 saturated carbocycles. The topological polar surface area (TPSA) is 38.5 Å². The molecule has 0 bridgehead atoms. The minimum atomic E-state index is 0.249. The Kier molecular flexibility index (Phi) is 4.83. The van der Waals surface area contributed by atoms with Gasteiger partial charge in [-0.15, -0.1) is 0 Å². The molecular formula is C14H28N2O. The quantitative estimate of drug-likeness (QED) is 0.797. The average Bonchev–Trinajstić information content (AvgIpc) is 2.78. The number of likely N-dealkylation sites (tertiary alicyclic amines) is 1. The van der Waals surface area contributed by atoms with Crippen LogP contribution in [-0.2, 0) is 4.74 Å². The fourth-order valence-electron chi connectivity index (χ4n) is 3.44. The average molecular weight is 240 g/mol. The van der Waals surface area contributed by atoms with Crippen molar-refractivity contribution in [1.29, 1.82) is 0 Å². The lowest BCUT2D eigenvalue weighted by molar-refractivity contribution is -0.0190. The standard InChI is InChI=1S/C14H28N2O/c1-2-4-13-5-7-16(9-13)11-14(10-15)6-3-8-17-12-14/h13H,2-12,15H2,1H3. The second-order valence-corrected chi connectivity index (χ2v) is 6.04. The van der Waals surface area contributed by atoms with E-state index in [0.29, 0.717) is 0 Å². The molecule has 0 aliphatic carbocycles. The van der Waals surface area contributed by atoms with Crippen LogP contribution >= 0.6 is 0 Å². The molecule has 2 aliphatic rings. The summed E-state index contributed by atoms with van der Waals surface area (Å²) in [5.74, 6) is 0.930. The summed E-state index contributed by atoms with van der Waals surface area (Å²) >= 11 is 0. The molecule has 2 aliphatic heterocycles. The van der Waals surface area contributed by atoms with Gasteiger partial charge in [0.25, 0.3) is 0 Å². The molecule has 3 nitrogen and oxygen atoms in total. The van der Waals surface area contributed by atoms with Crippen LogP contribution in [0, 0.1) is 11.3 Å². The van der Waals surface area contributed by atoms with Gasteiger partial charge in [0.2, 0.25) is 0 Å². The zero-order valence-electron chi connectivity index (χ0n) is 11.3. The first-order chi connectivity index (χ1) is 8.28. The first-order valence-electron chi connectivity index (χ1n) is 7.28. The van der Waals surface area contributed by atoms with E-state index in [0.717, 1.165) is 32.2 Å². The van der Waals surface area contributed by atoms with Crippen molar-refractivity contribution in [3.63, 3.8) is 0 Å². The summed E-state index contributed by atoms with van der Waals surface area (Å²) in [7, 11) is 0. The Morgan fingerprint density at radius 3 is 3.00 bits per heavy atom. The lowest BCUT2D eigenvalue weighted by Crippen LogP contribution is -2.47. The van der Waals surface area contributed by atoms with Crippen molar-refractivity contribution in [3.8, 4) is 0 Å². The Morgan fingerprint density at radius 1 is 1.47 bits per heavy atom. The molecule has 2 unspecified atom stereocenters. The van der Waals surface area contributed by atoms with Crippen molar-refractivity contribution in [3.05, 3.63) is 0 Å². The van der Waals surface area contributed by atoms with Crippen LogP contribution < -0.4 is 5.73 Å². The Bertz CT molecular complexity index is 226. The molecule has 2 atom stereocenters. The molecule has 2 fully saturated rings. The zero-order valence-corrected chi connectivity index (χ0v) is 11.3. The van der Waals surface area contributed by atoms with Crippen molar-refractivity contribution >= 4 is 0 Å². The number of hydrogen-bond donors (Lipinski definition) is 1. The SMILES string of the molecule is CCCC1CCN(CC2(CN)CCCOC2)C1. The molecule has 0 aromatic heterocycles. The van der Waals surface area contributed by atoms with Crippen LogP contribution in [0.3, 0.4) is 0 Å². The van der Waals surface area contributed by atoms with Gasteiger partial charge in [-0.3, -0.25) is 0 Å². The van der Waals surface area contributed by atoms with Crippen molar-refractivity contribution in [2.45, 2.75) is 39.0 Å². The normalized spacial score (nSPS) is 35.3. The van der Waals surface area contributed by atoms with Gasteiger partial charge in [0.1, 0.15) is 0 Å². The van der Waals surface area contributed by atoms with Crippen LogP contribution in [0.5, 0.6) is 0 Å². The van der Waals surface area contributed by atoms with Crippen LogP contribution in [0.25, 0.3) is 0 Å². The third-order valence-electron chi connectivity index (χ3n) is 4.46. The fraction of sp³-hybridized carbons (Fsp3) is 1.00. The molecule has 100 valence electrons. The van der Waals surface area contributed by atoms with Gasteiger partial charge < -0.3 is 15.4 Å². The molecule has 2 rings (SSSR count). The van der Waals surface area contributed by atoms with E-state index < -0.39 is 0 Å². The molecule has 0 radical (unpaired) electrons. The molecule has 17 heavy (non-hydrogen) atoms. The van der Waals surface area contributed by atoms with Crippen molar-refractivity contribution in [2.75, 3.05) is 39.4 Å². The molecule has 3 heteroatoms. The smallest absolute Gasteiger partial charge is 0.0546 e. The van der Waals surface area contributed by atoms with Gasteiger partial charge in [-0.1, -0.05) is 13.3 Å². The van der Waals surface area contributed by atoms with Gasteiger partial charge >= 0.3 is 0 Å². The van der Waals surface area contributed by atoms with Crippen LogP contribution in [-0.4, -0.2) is 44.3 Å². The van der Waals surface area contributed by atoms with Crippen LogP contribution in [0.15, 0.2) is 0 Å². The number of ether oxygens (including phenoxy) is 1. The van der Waals surface area contributed by atoms with Crippen LogP contribution in [0.2, 0.25) is 0 Å². The second kappa shape index (κ2) is 6.17. The Morgan fingerprint density at radius 2 is 2.35 bits per heavy atom. The Hall–Kier alpha value is -0.120. The molecular weight excluding hydrogens is 212 g/mol. The maximum Gasteiger partial charge on any atom is 0.0546 e. The van der Waals surface area contributed by atoms with Gasteiger partial charge in [0.15, 0.2) is 0 Å². The van der Waals surface area contributed by atoms with E-state index in [-0.39, 0.29) is 5.41 Å². The summed E-state index contributed by atoms with van der Waals surface area (Å²) < 4.78 is 5.65. The lowest BCUT2D eigenvalue weighted by atomic mass is 9.82. The highest BCUT2D eigenvalue weighted by molar-refractivity contribution is 4.88. The van der Waals surface area contributed by atoms with Crippen LogP contribution in [0.1, 0.15) is 39.0 Å². The largest absolute Gasteiger partial charge is 0.381 e. The highest BCUT2D eigenvalue weighted by atomic mass is 16.5. The van der Waals surface area contributed by atoms with E-state index in [1.54, 1.807) is 0 Å². The molecule has 0 spiro atoms. The minimum absolute atomic E-state index is 0.249. The van der Waals surface area contributed by atoms with Gasteiger partial charge in [0, 0.05) is 31.7 Å². The van der Waals surface area contributed by atoms with Crippen molar-refractivity contribution < 1.29 is 4.74 Å². The number of hydrogen-bond acceptors (Lipinski definition) is 3. The third kappa shape index (κ3) is 3.43. The highest BCUT2D eigenvalue weighted by Gasteiger charge is 2.35. The van der Waals surface area contributed by atoms with Crippen molar-refractivity contribution in [2.24, 2.45) is 17.1 Å². The highest BCUT2D eigenvalue weighted by Crippen LogP contribution is 2.31. The van der Waals surface area contributed by atoms with Crippen LogP contribution in [0.4, 0.5) is 0 Å².